The third kappa shape index (κ3) is 6.10. The average Bonchev–Trinajstić information content (AvgIpc) is 3.35. The number of thiazole rings is 1. The van der Waals surface area contributed by atoms with Gasteiger partial charge >= 0.3 is 0 Å². The molecule has 26 heavy (non-hydrogen) atoms. The van der Waals surface area contributed by atoms with E-state index in [2.05, 4.69) is 55.1 Å². The third-order valence-corrected chi connectivity index (χ3v) is 5.69. The normalized spacial score (nSPS) is 11.2. The zero-order chi connectivity index (χ0) is 17.5. The van der Waals surface area contributed by atoms with E-state index in [1.54, 1.807) is 18.4 Å². The van der Waals surface area contributed by atoms with Crippen LogP contribution in [0.25, 0.3) is 10.6 Å². The number of thiophene rings is 1. The first-order chi connectivity index (χ1) is 12.2. The number of aryl methyl sites for hydroxylation is 1. The molecule has 3 aromatic rings. The van der Waals surface area contributed by atoms with Crippen molar-refractivity contribution in [1.29, 1.82) is 0 Å². The van der Waals surface area contributed by atoms with Gasteiger partial charge in [-0.15, -0.1) is 46.7 Å². The number of aromatic nitrogens is 2. The lowest BCUT2D eigenvalue weighted by atomic mass is 10.3. The van der Waals surface area contributed by atoms with E-state index in [9.17, 15) is 0 Å². The van der Waals surface area contributed by atoms with Gasteiger partial charge in [0.25, 0.3) is 0 Å². The predicted molar refractivity (Wildman–Crippen MR) is 123 cm³/mol. The monoisotopic (exact) mass is 501 g/mol. The van der Waals surface area contributed by atoms with Gasteiger partial charge in [-0.05, 0) is 37.6 Å². The second kappa shape index (κ2) is 10.7. The fraction of sp³-hybridized carbons (Fsp3) is 0.333. The van der Waals surface area contributed by atoms with Crippen LogP contribution in [0.5, 0.6) is 0 Å². The topological polar surface area (TPSA) is 54.2 Å². The third-order valence-electron chi connectivity index (χ3n) is 3.75. The number of nitrogens with one attached hydrogen (secondary N) is 2. The van der Waals surface area contributed by atoms with Gasteiger partial charge in [-0.25, -0.2) is 4.98 Å². The van der Waals surface area contributed by atoms with Crippen LogP contribution in [0.15, 0.2) is 47.0 Å². The first-order valence-corrected chi connectivity index (χ1v) is 10.0. The fourth-order valence-corrected chi connectivity index (χ4v) is 4.13. The maximum atomic E-state index is 4.55. The van der Waals surface area contributed by atoms with Crippen LogP contribution in [0.2, 0.25) is 0 Å². The molecule has 0 saturated heterocycles. The van der Waals surface area contributed by atoms with E-state index in [-0.39, 0.29) is 24.0 Å². The first-order valence-electron chi connectivity index (χ1n) is 8.31. The highest BCUT2D eigenvalue weighted by Crippen LogP contribution is 2.29. The number of rotatable bonds is 7. The highest BCUT2D eigenvalue weighted by atomic mass is 127. The SMILES string of the molecule is CN=C(NCCc1ccc(-c2csc(C)n2)s1)NCCn1cccc1.I. The molecule has 0 unspecified atom stereocenters. The molecule has 2 N–H and O–H groups in total. The largest absolute Gasteiger partial charge is 0.356 e. The molecule has 0 fully saturated rings. The molecule has 0 aliphatic rings. The molecule has 0 saturated carbocycles. The summed E-state index contributed by atoms with van der Waals surface area (Å²) in [5.74, 6) is 0.846. The summed E-state index contributed by atoms with van der Waals surface area (Å²) in [5.41, 5.74) is 1.09. The number of aliphatic imine (C=N–C) groups is 1. The molecule has 0 radical (unpaired) electrons. The molecule has 3 heterocycles. The van der Waals surface area contributed by atoms with Crippen molar-refractivity contribution >= 4 is 52.6 Å². The van der Waals surface area contributed by atoms with Crippen LogP contribution in [0.4, 0.5) is 0 Å². The summed E-state index contributed by atoms with van der Waals surface area (Å²) in [6.45, 7) is 4.68. The minimum Gasteiger partial charge on any atom is -0.356 e. The number of hydrogen-bond acceptors (Lipinski definition) is 4. The molecule has 5 nitrogen and oxygen atoms in total. The van der Waals surface area contributed by atoms with Gasteiger partial charge in [0, 0.05) is 49.3 Å². The highest BCUT2D eigenvalue weighted by Gasteiger charge is 2.06. The number of guanidine groups is 1. The van der Waals surface area contributed by atoms with Crippen LogP contribution in [-0.2, 0) is 13.0 Å². The van der Waals surface area contributed by atoms with E-state index in [0.717, 1.165) is 42.7 Å². The van der Waals surface area contributed by atoms with Gasteiger partial charge in [0.2, 0.25) is 0 Å². The Morgan fingerprint density at radius 2 is 1.96 bits per heavy atom. The Kier molecular flexibility index (Phi) is 8.60. The fourth-order valence-electron chi connectivity index (χ4n) is 2.47. The summed E-state index contributed by atoms with van der Waals surface area (Å²) in [4.78, 5) is 11.4. The van der Waals surface area contributed by atoms with Crippen LogP contribution >= 0.6 is 46.7 Å². The molecule has 0 aliphatic carbocycles. The molecular weight excluding hydrogens is 477 g/mol. The quantitative estimate of drug-likeness (QED) is 0.292. The second-order valence-corrected chi connectivity index (χ2v) is 7.84. The van der Waals surface area contributed by atoms with Gasteiger partial charge in [-0.3, -0.25) is 4.99 Å². The lowest BCUT2D eigenvalue weighted by Gasteiger charge is -2.11. The Labute approximate surface area is 179 Å². The number of hydrogen-bond donors (Lipinski definition) is 2. The van der Waals surface area contributed by atoms with E-state index in [4.69, 9.17) is 0 Å². The van der Waals surface area contributed by atoms with Crippen molar-refractivity contribution in [2.45, 2.75) is 19.9 Å². The van der Waals surface area contributed by atoms with Gasteiger partial charge in [0.05, 0.1) is 15.6 Å². The van der Waals surface area contributed by atoms with E-state index in [0.29, 0.717) is 0 Å². The molecule has 0 amide bonds. The molecule has 140 valence electrons. The van der Waals surface area contributed by atoms with Gasteiger partial charge in [-0.1, -0.05) is 0 Å². The number of nitrogens with zero attached hydrogens (tertiary/aromatic N) is 3. The van der Waals surface area contributed by atoms with Crippen molar-refractivity contribution in [3.8, 4) is 10.6 Å². The van der Waals surface area contributed by atoms with Gasteiger partial charge in [0.1, 0.15) is 0 Å². The van der Waals surface area contributed by atoms with Crippen LogP contribution in [0.1, 0.15) is 9.88 Å². The lowest BCUT2D eigenvalue weighted by molar-refractivity contribution is 0.665. The lowest BCUT2D eigenvalue weighted by Crippen LogP contribution is -2.39. The van der Waals surface area contributed by atoms with E-state index >= 15 is 0 Å². The van der Waals surface area contributed by atoms with Crippen molar-refractivity contribution in [2.75, 3.05) is 20.1 Å². The van der Waals surface area contributed by atoms with Gasteiger partial charge in [0.15, 0.2) is 5.96 Å². The zero-order valence-corrected chi connectivity index (χ0v) is 18.9. The molecular formula is C18H24IN5S2. The summed E-state index contributed by atoms with van der Waals surface area (Å²) < 4.78 is 2.15. The van der Waals surface area contributed by atoms with Crippen LogP contribution in [-0.4, -0.2) is 35.6 Å². The maximum Gasteiger partial charge on any atom is 0.191 e. The maximum absolute atomic E-state index is 4.55. The van der Waals surface area contributed by atoms with Crippen molar-refractivity contribution in [2.24, 2.45) is 4.99 Å². The Morgan fingerprint density at radius 3 is 2.65 bits per heavy atom. The Hall–Kier alpha value is -1.39. The summed E-state index contributed by atoms with van der Waals surface area (Å²) in [7, 11) is 1.80. The minimum absolute atomic E-state index is 0. The Morgan fingerprint density at radius 1 is 1.19 bits per heavy atom. The summed E-state index contributed by atoms with van der Waals surface area (Å²) >= 11 is 3.51. The van der Waals surface area contributed by atoms with Crippen LogP contribution in [0, 0.1) is 6.92 Å². The Balaban J connectivity index is 0.00000243. The van der Waals surface area contributed by atoms with Crippen LogP contribution < -0.4 is 10.6 Å². The highest BCUT2D eigenvalue weighted by molar-refractivity contribution is 14.0. The summed E-state index contributed by atoms with van der Waals surface area (Å²) in [6, 6.07) is 8.43. The predicted octanol–water partition coefficient (Wildman–Crippen LogP) is 4.01. The van der Waals surface area contributed by atoms with Crippen molar-refractivity contribution in [3.63, 3.8) is 0 Å². The molecule has 3 rings (SSSR count). The molecule has 0 bridgehead atoms. The molecule has 8 heteroatoms. The average molecular weight is 501 g/mol. The molecule has 0 aliphatic heterocycles. The van der Waals surface area contributed by atoms with E-state index < -0.39 is 0 Å². The summed E-state index contributed by atoms with van der Waals surface area (Å²) in [5, 5.41) is 9.95. The zero-order valence-electron chi connectivity index (χ0n) is 14.9. The smallest absolute Gasteiger partial charge is 0.191 e. The summed E-state index contributed by atoms with van der Waals surface area (Å²) in [6.07, 6.45) is 5.11. The van der Waals surface area contributed by atoms with Gasteiger partial charge in [-0.2, -0.15) is 0 Å². The van der Waals surface area contributed by atoms with Crippen molar-refractivity contribution in [3.05, 3.63) is 51.9 Å². The standard InChI is InChI=1S/C18H23N5S2.HI/c1-14-22-16(13-24-14)17-6-5-15(25-17)7-8-20-18(19-2)21-9-12-23-10-3-4-11-23;/h3-6,10-11,13H,7-9,12H2,1-2H3,(H2,19,20,21);1H. The van der Waals surface area contributed by atoms with Gasteiger partial charge < -0.3 is 15.2 Å². The molecule has 0 aromatic carbocycles. The molecule has 3 aromatic heterocycles. The first kappa shape index (κ1) is 20.9. The minimum atomic E-state index is 0. The second-order valence-electron chi connectivity index (χ2n) is 5.61. The van der Waals surface area contributed by atoms with Crippen LogP contribution in [0.3, 0.4) is 0 Å². The van der Waals surface area contributed by atoms with Crippen molar-refractivity contribution < 1.29 is 0 Å². The van der Waals surface area contributed by atoms with Crippen molar-refractivity contribution in [1.82, 2.24) is 20.2 Å². The Bertz CT molecular complexity index is 807. The number of halogens is 1. The van der Waals surface area contributed by atoms with E-state index in [1.807, 2.05) is 30.4 Å². The van der Waals surface area contributed by atoms with E-state index in [1.165, 1.54) is 9.75 Å². The molecule has 0 atom stereocenters. The molecule has 0 spiro atoms.